The molecule has 0 saturated heterocycles. The van der Waals surface area contributed by atoms with Gasteiger partial charge in [-0.3, -0.25) is 0 Å². The number of nitrogens with one attached hydrogen (secondary N) is 2. The largest absolute Gasteiger partial charge is 0.479 e. The zero-order valence-electron chi connectivity index (χ0n) is 10.8. The molecule has 19 heavy (non-hydrogen) atoms. The fourth-order valence-corrected chi connectivity index (χ4v) is 1.45. The number of aliphatic hydroxyl groups is 1. The highest BCUT2D eigenvalue weighted by molar-refractivity contribution is 5.74. The molecule has 0 aromatic carbocycles. The average Bonchev–Trinajstić information content (AvgIpc) is 2.75. The molecule has 2 amide bonds. The fourth-order valence-electron chi connectivity index (χ4n) is 1.45. The molecule has 0 aliphatic carbocycles. The van der Waals surface area contributed by atoms with E-state index in [0.717, 1.165) is 5.76 Å². The van der Waals surface area contributed by atoms with Crippen molar-refractivity contribution in [3.63, 3.8) is 0 Å². The highest BCUT2D eigenvalue weighted by Gasteiger charge is 2.15. The minimum absolute atomic E-state index is 0.0446. The Balaban J connectivity index is 2.29. The molecule has 0 aliphatic heterocycles. The number of urea groups is 1. The summed E-state index contributed by atoms with van der Waals surface area (Å²) in [5.41, 5.74) is 0. The number of aryl methyl sites for hydroxylation is 1. The Morgan fingerprint density at radius 3 is 2.63 bits per heavy atom. The summed E-state index contributed by atoms with van der Waals surface area (Å²) in [6, 6.07) is 2.83. The van der Waals surface area contributed by atoms with E-state index in [0.29, 0.717) is 5.76 Å². The molecule has 0 aliphatic rings. The van der Waals surface area contributed by atoms with Crippen molar-refractivity contribution in [3.8, 4) is 0 Å². The lowest BCUT2D eigenvalue weighted by atomic mass is 10.2. The van der Waals surface area contributed by atoms with Crippen molar-refractivity contribution in [2.24, 2.45) is 0 Å². The highest BCUT2D eigenvalue weighted by Crippen LogP contribution is 2.15. The summed E-state index contributed by atoms with van der Waals surface area (Å²) >= 11 is 0. The smallest absolute Gasteiger partial charge is 0.332 e. The van der Waals surface area contributed by atoms with Crippen molar-refractivity contribution in [3.05, 3.63) is 23.7 Å². The van der Waals surface area contributed by atoms with Gasteiger partial charge in [0.1, 0.15) is 11.5 Å². The number of aliphatic carboxylic acids is 1. The summed E-state index contributed by atoms with van der Waals surface area (Å²) in [7, 11) is 0. The monoisotopic (exact) mass is 270 g/mol. The van der Waals surface area contributed by atoms with Crippen LogP contribution in [0.25, 0.3) is 0 Å². The third-order valence-electron chi connectivity index (χ3n) is 2.52. The Kier molecular flexibility index (Phi) is 5.37. The number of aliphatic hydroxyl groups excluding tert-OH is 1. The van der Waals surface area contributed by atoms with Crippen molar-refractivity contribution >= 4 is 12.0 Å². The maximum Gasteiger partial charge on any atom is 0.332 e. The molecule has 0 saturated carbocycles. The van der Waals surface area contributed by atoms with E-state index in [1.54, 1.807) is 19.1 Å². The minimum atomic E-state index is -1.47. The molecule has 2 atom stereocenters. The van der Waals surface area contributed by atoms with Gasteiger partial charge in [-0.05, 0) is 26.0 Å². The first-order valence-electron chi connectivity index (χ1n) is 5.91. The van der Waals surface area contributed by atoms with E-state index in [2.05, 4.69) is 10.6 Å². The van der Waals surface area contributed by atoms with Crippen LogP contribution in [0.4, 0.5) is 4.79 Å². The molecular formula is C12H18N2O5. The summed E-state index contributed by atoms with van der Waals surface area (Å²) in [4.78, 5) is 21.8. The summed E-state index contributed by atoms with van der Waals surface area (Å²) in [6.07, 6.45) is -1.51. The van der Waals surface area contributed by atoms with Gasteiger partial charge in [-0.25, -0.2) is 9.59 Å². The van der Waals surface area contributed by atoms with E-state index in [9.17, 15) is 9.59 Å². The van der Waals surface area contributed by atoms with Crippen molar-refractivity contribution in [1.82, 2.24) is 10.6 Å². The van der Waals surface area contributed by atoms with Gasteiger partial charge in [-0.1, -0.05) is 0 Å². The number of hydrogen-bond donors (Lipinski definition) is 4. The number of carboxylic acids is 1. The number of carboxylic acid groups (broad SMARTS) is 1. The topological polar surface area (TPSA) is 112 Å². The van der Waals surface area contributed by atoms with Gasteiger partial charge in [0.2, 0.25) is 0 Å². The normalized spacial score (nSPS) is 13.6. The third-order valence-corrected chi connectivity index (χ3v) is 2.52. The lowest BCUT2D eigenvalue weighted by Crippen LogP contribution is -2.38. The van der Waals surface area contributed by atoms with Gasteiger partial charge in [0.05, 0.1) is 6.04 Å². The van der Waals surface area contributed by atoms with Crippen LogP contribution in [0, 0.1) is 6.92 Å². The first-order chi connectivity index (χ1) is 8.90. The Morgan fingerprint density at radius 2 is 2.11 bits per heavy atom. The van der Waals surface area contributed by atoms with E-state index in [-0.39, 0.29) is 19.0 Å². The van der Waals surface area contributed by atoms with Crippen molar-refractivity contribution in [2.45, 2.75) is 32.4 Å². The fraction of sp³-hybridized carbons (Fsp3) is 0.500. The van der Waals surface area contributed by atoms with E-state index in [4.69, 9.17) is 14.6 Å². The number of hydrogen-bond acceptors (Lipinski definition) is 4. The summed E-state index contributed by atoms with van der Waals surface area (Å²) in [5.74, 6) is 0.0912. The molecule has 7 heteroatoms. The molecule has 1 aromatic rings. The summed E-state index contributed by atoms with van der Waals surface area (Å²) in [5, 5.41) is 22.6. The van der Waals surface area contributed by atoms with Crippen LogP contribution in [0.15, 0.2) is 16.5 Å². The third kappa shape index (κ3) is 5.01. The molecule has 7 nitrogen and oxygen atoms in total. The molecule has 1 heterocycles. The Hall–Kier alpha value is -2.02. The van der Waals surface area contributed by atoms with Crippen LogP contribution < -0.4 is 10.6 Å². The van der Waals surface area contributed by atoms with Crippen molar-refractivity contribution in [1.29, 1.82) is 0 Å². The second-order valence-corrected chi connectivity index (χ2v) is 4.21. The van der Waals surface area contributed by atoms with Crippen LogP contribution in [0.5, 0.6) is 0 Å². The zero-order valence-corrected chi connectivity index (χ0v) is 10.8. The quantitative estimate of drug-likeness (QED) is 0.610. The first-order valence-corrected chi connectivity index (χ1v) is 5.91. The molecular weight excluding hydrogens is 252 g/mol. The zero-order chi connectivity index (χ0) is 14.4. The van der Waals surface area contributed by atoms with Gasteiger partial charge in [-0.15, -0.1) is 0 Å². The molecule has 106 valence electrons. The predicted octanol–water partition coefficient (Wildman–Crippen LogP) is 0.784. The highest BCUT2D eigenvalue weighted by atomic mass is 16.4. The summed E-state index contributed by atoms with van der Waals surface area (Å²) < 4.78 is 5.36. The number of amides is 2. The van der Waals surface area contributed by atoms with Gasteiger partial charge in [0.15, 0.2) is 6.10 Å². The lowest BCUT2D eigenvalue weighted by Gasteiger charge is -2.13. The first kappa shape index (κ1) is 15.0. The van der Waals surface area contributed by atoms with Crippen LogP contribution in [0.2, 0.25) is 0 Å². The van der Waals surface area contributed by atoms with Crippen LogP contribution in [0.3, 0.4) is 0 Å². The molecule has 0 bridgehead atoms. The van der Waals surface area contributed by atoms with Gasteiger partial charge in [0, 0.05) is 13.0 Å². The molecule has 1 aromatic heterocycles. The van der Waals surface area contributed by atoms with Crippen molar-refractivity contribution in [2.75, 3.05) is 6.54 Å². The molecule has 0 fully saturated rings. The predicted molar refractivity (Wildman–Crippen MR) is 66.7 cm³/mol. The molecule has 1 rings (SSSR count). The maximum atomic E-state index is 11.5. The Bertz CT molecular complexity index is 443. The SMILES string of the molecule is Cc1ccc(C(C)NC(=O)NCCC(O)C(=O)O)o1. The number of rotatable bonds is 6. The van der Waals surface area contributed by atoms with Crippen LogP contribution in [-0.4, -0.2) is 34.9 Å². The van der Waals surface area contributed by atoms with Crippen LogP contribution in [-0.2, 0) is 4.79 Å². The minimum Gasteiger partial charge on any atom is -0.479 e. The van der Waals surface area contributed by atoms with Gasteiger partial charge in [0.25, 0.3) is 0 Å². The van der Waals surface area contributed by atoms with E-state index < -0.39 is 18.1 Å². The summed E-state index contributed by atoms with van der Waals surface area (Å²) in [6.45, 7) is 3.65. The van der Waals surface area contributed by atoms with Gasteiger partial charge >= 0.3 is 12.0 Å². The Morgan fingerprint density at radius 1 is 1.42 bits per heavy atom. The standard InChI is InChI=1S/C12H18N2O5/c1-7-3-4-10(19-7)8(2)14-12(18)13-6-5-9(15)11(16)17/h3-4,8-9,15H,5-6H2,1-2H3,(H,16,17)(H2,13,14,18). The Labute approximate surface area is 110 Å². The van der Waals surface area contributed by atoms with Crippen molar-refractivity contribution < 1.29 is 24.2 Å². The molecule has 2 unspecified atom stereocenters. The molecule has 0 spiro atoms. The molecule has 4 N–H and O–H groups in total. The average molecular weight is 270 g/mol. The maximum absolute atomic E-state index is 11.5. The van der Waals surface area contributed by atoms with Crippen LogP contribution in [0.1, 0.15) is 30.9 Å². The van der Waals surface area contributed by atoms with E-state index in [1.165, 1.54) is 0 Å². The van der Waals surface area contributed by atoms with E-state index >= 15 is 0 Å². The van der Waals surface area contributed by atoms with Gasteiger partial charge < -0.3 is 25.3 Å². The lowest BCUT2D eigenvalue weighted by molar-refractivity contribution is -0.146. The van der Waals surface area contributed by atoms with Gasteiger partial charge in [-0.2, -0.15) is 0 Å². The molecule has 0 radical (unpaired) electrons. The number of furan rings is 1. The second-order valence-electron chi connectivity index (χ2n) is 4.21. The number of carbonyl (C=O) groups excluding carboxylic acids is 1. The second kappa shape index (κ2) is 6.79. The number of carbonyl (C=O) groups is 2. The van der Waals surface area contributed by atoms with E-state index in [1.807, 2.05) is 6.92 Å². The van der Waals surface area contributed by atoms with Crippen LogP contribution >= 0.6 is 0 Å².